The Balaban J connectivity index is 1.69. The summed E-state index contributed by atoms with van der Waals surface area (Å²) < 4.78 is 0. The van der Waals surface area contributed by atoms with Crippen LogP contribution in [-0.2, 0) is 6.54 Å². The molecule has 1 aromatic carbocycles. The van der Waals surface area contributed by atoms with E-state index in [0.29, 0.717) is 0 Å². The zero-order valence-electron chi connectivity index (χ0n) is 12.5. The van der Waals surface area contributed by atoms with Crippen LogP contribution in [-0.4, -0.2) is 23.8 Å². The summed E-state index contributed by atoms with van der Waals surface area (Å²) in [5.41, 5.74) is 2.58. The van der Waals surface area contributed by atoms with E-state index in [2.05, 4.69) is 29.2 Å². The number of hydrogen-bond acceptors (Lipinski definition) is 3. The largest absolute Gasteiger partial charge is 0.299 e. The van der Waals surface area contributed by atoms with Gasteiger partial charge in [-0.15, -0.1) is 11.3 Å². The van der Waals surface area contributed by atoms with Crippen molar-refractivity contribution in [3.63, 3.8) is 0 Å². The van der Waals surface area contributed by atoms with E-state index in [0.717, 1.165) is 11.4 Å². The van der Waals surface area contributed by atoms with Gasteiger partial charge in [0.15, 0.2) is 5.78 Å². The van der Waals surface area contributed by atoms with Crippen molar-refractivity contribution in [1.29, 1.82) is 0 Å². The summed E-state index contributed by atoms with van der Waals surface area (Å²) in [6.07, 6.45) is 4.05. The highest BCUT2D eigenvalue weighted by Gasteiger charge is 2.11. The third-order valence-electron chi connectivity index (χ3n) is 4.05. The van der Waals surface area contributed by atoms with Gasteiger partial charge in [-0.05, 0) is 56.1 Å². The molecule has 0 unspecified atom stereocenters. The Hall–Kier alpha value is -1.45. The number of benzene rings is 1. The van der Waals surface area contributed by atoms with E-state index in [4.69, 9.17) is 0 Å². The standard InChI is InChI=1S/C18H21NOS/c1-14(20)17-9-10-18(21-17)16-7-5-15(6-8-16)13-19-11-3-2-4-12-19/h5-10H,2-4,11-13H2,1H3. The highest BCUT2D eigenvalue weighted by atomic mass is 32.1. The maximum atomic E-state index is 11.4. The van der Waals surface area contributed by atoms with Crippen molar-refractivity contribution in [3.05, 3.63) is 46.8 Å². The summed E-state index contributed by atoms with van der Waals surface area (Å²) >= 11 is 1.58. The molecule has 0 atom stereocenters. The zero-order valence-corrected chi connectivity index (χ0v) is 13.3. The maximum Gasteiger partial charge on any atom is 0.169 e. The number of thiophene rings is 1. The minimum Gasteiger partial charge on any atom is -0.299 e. The molecule has 0 N–H and O–H groups in total. The van der Waals surface area contributed by atoms with Gasteiger partial charge >= 0.3 is 0 Å². The summed E-state index contributed by atoms with van der Waals surface area (Å²) in [5, 5.41) is 0. The van der Waals surface area contributed by atoms with Crippen LogP contribution >= 0.6 is 11.3 Å². The Morgan fingerprint density at radius 2 is 1.76 bits per heavy atom. The van der Waals surface area contributed by atoms with Gasteiger partial charge in [0, 0.05) is 11.4 Å². The van der Waals surface area contributed by atoms with Crippen LogP contribution in [0.4, 0.5) is 0 Å². The number of hydrogen-bond donors (Lipinski definition) is 0. The Bertz CT molecular complexity index is 608. The molecule has 110 valence electrons. The van der Waals surface area contributed by atoms with E-state index in [9.17, 15) is 4.79 Å². The van der Waals surface area contributed by atoms with Gasteiger partial charge in [0.05, 0.1) is 4.88 Å². The van der Waals surface area contributed by atoms with E-state index in [-0.39, 0.29) is 5.78 Å². The lowest BCUT2D eigenvalue weighted by Gasteiger charge is -2.26. The molecule has 1 aromatic heterocycles. The van der Waals surface area contributed by atoms with Gasteiger partial charge in [0.1, 0.15) is 0 Å². The van der Waals surface area contributed by atoms with Crippen LogP contribution in [0.2, 0.25) is 0 Å². The Morgan fingerprint density at radius 3 is 2.38 bits per heavy atom. The molecule has 2 nitrogen and oxygen atoms in total. The second-order valence-corrected chi connectivity index (χ2v) is 6.84. The van der Waals surface area contributed by atoms with Crippen molar-refractivity contribution in [2.24, 2.45) is 0 Å². The quantitative estimate of drug-likeness (QED) is 0.769. The van der Waals surface area contributed by atoms with E-state index >= 15 is 0 Å². The van der Waals surface area contributed by atoms with E-state index in [1.165, 1.54) is 48.4 Å². The number of likely N-dealkylation sites (tertiary alicyclic amines) is 1. The predicted octanol–water partition coefficient (Wildman–Crippen LogP) is 4.60. The van der Waals surface area contributed by atoms with Crippen LogP contribution in [0.25, 0.3) is 10.4 Å². The molecule has 2 heterocycles. The average Bonchev–Trinajstić information content (AvgIpc) is 2.99. The molecule has 0 radical (unpaired) electrons. The molecule has 0 spiro atoms. The molecule has 21 heavy (non-hydrogen) atoms. The SMILES string of the molecule is CC(=O)c1ccc(-c2ccc(CN3CCCCC3)cc2)s1. The predicted molar refractivity (Wildman–Crippen MR) is 88.9 cm³/mol. The normalized spacial score (nSPS) is 16.0. The van der Waals surface area contributed by atoms with E-state index in [1.807, 2.05) is 12.1 Å². The number of Topliss-reactive ketones (excluding diaryl/α,β-unsaturated/α-hetero) is 1. The summed E-state index contributed by atoms with van der Waals surface area (Å²) in [6, 6.07) is 12.8. The van der Waals surface area contributed by atoms with Gasteiger partial charge in [0.2, 0.25) is 0 Å². The first-order valence-corrected chi connectivity index (χ1v) is 8.46. The molecule has 3 heteroatoms. The molecule has 0 aliphatic carbocycles. The zero-order chi connectivity index (χ0) is 14.7. The fourth-order valence-corrected chi connectivity index (χ4v) is 3.74. The number of nitrogens with zero attached hydrogens (tertiary/aromatic N) is 1. The summed E-state index contributed by atoms with van der Waals surface area (Å²) in [5.74, 6) is 0.146. The summed E-state index contributed by atoms with van der Waals surface area (Å²) in [7, 11) is 0. The Kier molecular flexibility index (Phi) is 4.51. The van der Waals surface area contributed by atoms with Crippen molar-refractivity contribution in [2.45, 2.75) is 32.7 Å². The first-order valence-electron chi connectivity index (χ1n) is 7.65. The van der Waals surface area contributed by atoms with Crippen molar-refractivity contribution in [1.82, 2.24) is 4.90 Å². The Labute approximate surface area is 130 Å². The first-order chi connectivity index (χ1) is 10.2. The number of ketones is 1. The van der Waals surface area contributed by atoms with Gasteiger partial charge < -0.3 is 0 Å². The van der Waals surface area contributed by atoms with E-state index in [1.54, 1.807) is 18.3 Å². The number of carbonyl (C=O) groups is 1. The van der Waals surface area contributed by atoms with Gasteiger partial charge in [-0.1, -0.05) is 30.7 Å². The molecule has 0 amide bonds. The molecule has 1 aliphatic rings. The smallest absolute Gasteiger partial charge is 0.169 e. The van der Waals surface area contributed by atoms with Crippen molar-refractivity contribution >= 4 is 17.1 Å². The summed E-state index contributed by atoms with van der Waals surface area (Å²) in [4.78, 5) is 15.9. The molecule has 1 fully saturated rings. The van der Waals surface area contributed by atoms with Crippen molar-refractivity contribution < 1.29 is 4.79 Å². The number of piperidine rings is 1. The molecule has 1 saturated heterocycles. The highest BCUT2D eigenvalue weighted by molar-refractivity contribution is 7.17. The minimum absolute atomic E-state index is 0.146. The van der Waals surface area contributed by atoms with Crippen LogP contribution in [0.15, 0.2) is 36.4 Å². The molecular weight excluding hydrogens is 278 g/mol. The monoisotopic (exact) mass is 299 g/mol. The highest BCUT2D eigenvalue weighted by Crippen LogP contribution is 2.28. The van der Waals surface area contributed by atoms with Gasteiger partial charge in [-0.25, -0.2) is 0 Å². The van der Waals surface area contributed by atoms with Crippen LogP contribution in [0.3, 0.4) is 0 Å². The Morgan fingerprint density at radius 1 is 1.05 bits per heavy atom. The minimum atomic E-state index is 0.146. The van der Waals surface area contributed by atoms with Gasteiger partial charge in [0.25, 0.3) is 0 Å². The second-order valence-electron chi connectivity index (χ2n) is 5.75. The molecular formula is C18H21NOS. The lowest BCUT2D eigenvalue weighted by atomic mass is 10.1. The maximum absolute atomic E-state index is 11.4. The molecule has 3 rings (SSSR count). The van der Waals surface area contributed by atoms with Gasteiger partial charge in [-0.3, -0.25) is 9.69 Å². The lowest BCUT2D eigenvalue weighted by Crippen LogP contribution is -2.28. The van der Waals surface area contributed by atoms with Crippen LogP contribution < -0.4 is 0 Å². The topological polar surface area (TPSA) is 20.3 Å². The van der Waals surface area contributed by atoms with Crippen molar-refractivity contribution in [2.75, 3.05) is 13.1 Å². The second kappa shape index (κ2) is 6.54. The van der Waals surface area contributed by atoms with Crippen LogP contribution in [0.5, 0.6) is 0 Å². The van der Waals surface area contributed by atoms with Gasteiger partial charge in [-0.2, -0.15) is 0 Å². The molecule has 0 saturated carbocycles. The molecule has 1 aliphatic heterocycles. The average molecular weight is 299 g/mol. The fourth-order valence-electron chi connectivity index (χ4n) is 2.83. The summed E-state index contributed by atoms with van der Waals surface area (Å²) in [6.45, 7) is 5.14. The van der Waals surface area contributed by atoms with E-state index < -0.39 is 0 Å². The van der Waals surface area contributed by atoms with Crippen molar-refractivity contribution in [3.8, 4) is 10.4 Å². The molecule has 0 bridgehead atoms. The molecule has 2 aromatic rings. The lowest BCUT2D eigenvalue weighted by molar-refractivity contribution is 0.102. The van der Waals surface area contributed by atoms with Crippen LogP contribution in [0, 0.1) is 0 Å². The third-order valence-corrected chi connectivity index (χ3v) is 5.28. The third kappa shape index (κ3) is 3.60. The fraction of sp³-hybridized carbons (Fsp3) is 0.389. The number of rotatable bonds is 4. The first kappa shape index (κ1) is 14.5. The number of carbonyl (C=O) groups excluding carboxylic acids is 1. The van der Waals surface area contributed by atoms with Crippen LogP contribution in [0.1, 0.15) is 41.4 Å².